The van der Waals surface area contributed by atoms with Crippen molar-refractivity contribution in [2.75, 3.05) is 13.2 Å². The fraction of sp³-hybridized carbons (Fsp3) is 0.692. The molecule has 2 unspecified atom stereocenters. The van der Waals surface area contributed by atoms with E-state index in [4.69, 9.17) is 4.74 Å². The number of aryl methyl sites for hydroxylation is 3. The Hall–Kier alpha value is -0.960. The zero-order chi connectivity index (χ0) is 11.1. The van der Waals surface area contributed by atoms with E-state index in [1.165, 1.54) is 29.8 Å². The summed E-state index contributed by atoms with van der Waals surface area (Å²) in [7, 11) is 0. The Morgan fingerprint density at radius 1 is 1.19 bits per heavy atom. The lowest BCUT2D eigenvalue weighted by atomic mass is 9.74. The van der Waals surface area contributed by atoms with Crippen molar-refractivity contribution in [3.8, 4) is 0 Å². The molecule has 3 rings (SSSR count). The average Bonchev–Trinajstić information content (AvgIpc) is 2.28. The fourth-order valence-electron chi connectivity index (χ4n) is 3.23. The van der Waals surface area contributed by atoms with E-state index in [2.05, 4.69) is 16.9 Å². The van der Waals surface area contributed by atoms with Crippen LogP contribution in [0.25, 0.3) is 0 Å². The molecule has 1 aromatic rings. The molecule has 0 amide bonds. The summed E-state index contributed by atoms with van der Waals surface area (Å²) in [6, 6.07) is 0. The minimum atomic E-state index is 0.554. The number of hydrogen-bond acceptors (Lipinski definition) is 3. The predicted octanol–water partition coefficient (Wildman–Crippen LogP) is 2.16. The van der Waals surface area contributed by atoms with E-state index in [9.17, 15) is 0 Å². The molecule has 3 heteroatoms. The van der Waals surface area contributed by atoms with Crippen LogP contribution in [0.4, 0.5) is 0 Å². The van der Waals surface area contributed by atoms with Gasteiger partial charge in [0, 0.05) is 29.5 Å². The molecule has 3 nitrogen and oxygen atoms in total. The molecule has 2 atom stereocenters. The zero-order valence-electron chi connectivity index (χ0n) is 9.99. The fourth-order valence-corrected chi connectivity index (χ4v) is 3.23. The third-order valence-electron chi connectivity index (χ3n) is 3.95. The van der Waals surface area contributed by atoms with Crippen LogP contribution in [0.15, 0.2) is 0 Å². The Morgan fingerprint density at radius 3 is 2.94 bits per heavy atom. The van der Waals surface area contributed by atoms with E-state index in [0.29, 0.717) is 5.92 Å². The molecule has 1 saturated heterocycles. The molecule has 2 aliphatic rings. The van der Waals surface area contributed by atoms with E-state index < -0.39 is 0 Å². The molecular weight excluding hydrogens is 200 g/mol. The first kappa shape index (κ1) is 10.2. The first-order valence-electron chi connectivity index (χ1n) is 6.17. The van der Waals surface area contributed by atoms with Crippen molar-refractivity contribution in [2.45, 2.75) is 39.0 Å². The van der Waals surface area contributed by atoms with Gasteiger partial charge in [-0.1, -0.05) is 0 Å². The lowest BCUT2D eigenvalue weighted by Gasteiger charge is -2.37. The van der Waals surface area contributed by atoms with Gasteiger partial charge in [-0.3, -0.25) is 0 Å². The molecule has 16 heavy (non-hydrogen) atoms. The van der Waals surface area contributed by atoms with Crippen LogP contribution in [-0.2, 0) is 11.2 Å². The maximum absolute atomic E-state index is 5.63. The van der Waals surface area contributed by atoms with Crippen molar-refractivity contribution >= 4 is 0 Å². The Balaban J connectivity index is 2.07. The van der Waals surface area contributed by atoms with Crippen LogP contribution in [0.5, 0.6) is 0 Å². The zero-order valence-corrected chi connectivity index (χ0v) is 9.99. The Labute approximate surface area is 96.3 Å². The number of ether oxygens (including phenoxy) is 1. The maximum Gasteiger partial charge on any atom is 0.125 e. The van der Waals surface area contributed by atoms with Crippen molar-refractivity contribution in [2.24, 2.45) is 5.92 Å². The number of fused-ring (bicyclic) bond motifs is 3. The van der Waals surface area contributed by atoms with E-state index in [-0.39, 0.29) is 0 Å². The number of aromatic nitrogens is 2. The van der Waals surface area contributed by atoms with Crippen LogP contribution in [0.1, 0.15) is 41.5 Å². The van der Waals surface area contributed by atoms with Gasteiger partial charge in [0.25, 0.3) is 0 Å². The Kier molecular flexibility index (Phi) is 2.43. The summed E-state index contributed by atoms with van der Waals surface area (Å²) >= 11 is 0. The van der Waals surface area contributed by atoms with Crippen molar-refractivity contribution in [3.63, 3.8) is 0 Å². The normalized spacial score (nSPS) is 28.4. The molecule has 1 aromatic heterocycles. The number of nitrogens with zero attached hydrogens (tertiary/aromatic N) is 2. The first-order valence-corrected chi connectivity index (χ1v) is 6.17. The average molecular weight is 218 g/mol. The predicted molar refractivity (Wildman–Crippen MR) is 61.5 cm³/mol. The summed E-state index contributed by atoms with van der Waals surface area (Å²) in [4.78, 5) is 9.11. The lowest BCUT2D eigenvalue weighted by molar-refractivity contribution is 0.0396. The smallest absolute Gasteiger partial charge is 0.125 e. The van der Waals surface area contributed by atoms with E-state index in [1.54, 1.807) is 0 Å². The van der Waals surface area contributed by atoms with Gasteiger partial charge >= 0.3 is 0 Å². The second kappa shape index (κ2) is 3.81. The number of rotatable bonds is 0. The van der Waals surface area contributed by atoms with Gasteiger partial charge in [0.15, 0.2) is 0 Å². The highest BCUT2D eigenvalue weighted by Gasteiger charge is 2.34. The second-order valence-electron chi connectivity index (χ2n) is 4.99. The molecule has 1 fully saturated rings. The summed E-state index contributed by atoms with van der Waals surface area (Å²) in [6.45, 7) is 5.90. The van der Waals surface area contributed by atoms with Gasteiger partial charge in [-0.2, -0.15) is 0 Å². The molecule has 0 saturated carbocycles. The van der Waals surface area contributed by atoms with Crippen molar-refractivity contribution in [1.82, 2.24) is 9.97 Å². The summed E-state index contributed by atoms with van der Waals surface area (Å²) in [5, 5.41) is 0. The standard InChI is InChI=1S/C13H18N2O/c1-8-13-11-7-16-6-5-10(11)3-4-12(13)15-9(2)14-8/h10-11H,3-7H2,1-2H3. The van der Waals surface area contributed by atoms with Gasteiger partial charge in [-0.15, -0.1) is 0 Å². The topological polar surface area (TPSA) is 35.0 Å². The minimum Gasteiger partial charge on any atom is -0.381 e. The van der Waals surface area contributed by atoms with Crippen LogP contribution in [-0.4, -0.2) is 23.2 Å². The van der Waals surface area contributed by atoms with Crippen LogP contribution in [0, 0.1) is 19.8 Å². The molecule has 0 bridgehead atoms. The van der Waals surface area contributed by atoms with Crippen LogP contribution >= 0.6 is 0 Å². The SMILES string of the molecule is Cc1nc(C)c2c(n1)CCC1CCOCC21. The summed E-state index contributed by atoms with van der Waals surface area (Å²) in [5.74, 6) is 2.26. The van der Waals surface area contributed by atoms with E-state index in [1.807, 2.05) is 6.92 Å². The first-order chi connectivity index (χ1) is 7.75. The van der Waals surface area contributed by atoms with Gasteiger partial charge in [0.1, 0.15) is 5.82 Å². The molecule has 1 aliphatic carbocycles. The van der Waals surface area contributed by atoms with Gasteiger partial charge in [-0.05, 0) is 39.0 Å². The maximum atomic E-state index is 5.63. The quantitative estimate of drug-likeness (QED) is 0.669. The highest BCUT2D eigenvalue weighted by Crippen LogP contribution is 2.40. The molecule has 0 aromatic carbocycles. The third kappa shape index (κ3) is 1.54. The van der Waals surface area contributed by atoms with Crippen molar-refractivity contribution in [1.29, 1.82) is 0 Å². The van der Waals surface area contributed by atoms with E-state index in [0.717, 1.165) is 31.4 Å². The lowest BCUT2D eigenvalue weighted by Crippen LogP contribution is -2.31. The monoisotopic (exact) mass is 218 g/mol. The molecule has 2 heterocycles. The molecule has 0 N–H and O–H groups in total. The van der Waals surface area contributed by atoms with Gasteiger partial charge in [0.2, 0.25) is 0 Å². The van der Waals surface area contributed by atoms with Crippen LogP contribution in [0.2, 0.25) is 0 Å². The molecule has 1 aliphatic heterocycles. The van der Waals surface area contributed by atoms with Gasteiger partial charge in [-0.25, -0.2) is 9.97 Å². The second-order valence-corrected chi connectivity index (χ2v) is 4.99. The van der Waals surface area contributed by atoms with Crippen molar-refractivity contribution in [3.05, 3.63) is 22.8 Å². The molecule has 86 valence electrons. The summed E-state index contributed by atoms with van der Waals surface area (Å²) in [6.07, 6.45) is 3.61. The highest BCUT2D eigenvalue weighted by molar-refractivity contribution is 5.32. The largest absolute Gasteiger partial charge is 0.381 e. The van der Waals surface area contributed by atoms with Crippen molar-refractivity contribution < 1.29 is 4.74 Å². The highest BCUT2D eigenvalue weighted by atomic mass is 16.5. The molecule has 0 radical (unpaired) electrons. The number of hydrogen-bond donors (Lipinski definition) is 0. The van der Waals surface area contributed by atoms with Gasteiger partial charge < -0.3 is 4.74 Å². The van der Waals surface area contributed by atoms with Crippen LogP contribution < -0.4 is 0 Å². The van der Waals surface area contributed by atoms with E-state index >= 15 is 0 Å². The Bertz CT molecular complexity index is 417. The van der Waals surface area contributed by atoms with Gasteiger partial charge in [0.05, 0.1) is 6.61 Å². The minimum absolute atomic E-state index is 0.554. The van der Waals surface area contributed by atoms with Crippen LogP contribution in [0.3, 0.4) is 0 Å². The summed E-state index contributed by atoms with van der Waals surface area (Å²) in [5.41, 5.74) is 3.83. The molecule has 0 spiro atoms. The third-order valence-corrected chi connectivity index (χ3v) is 3.95. The Morgan fingerprint density at radius 2 is 2.06 bits per heavy atom. The molecular formula is C13H18N2O. The summed E-state index contributed by atoms with van der Waals surface area (Å²) < 4.78 is 5.63.